The third-order valence-corrected chi connectivity index (χ3v) is 4.76. The molecule has 21 heavy (non-hydrogen) atoms. The van der Waals surface area contributed by atoms with Crippen molar-refractivity contribution < 1.29 is 4.92 Å². The Morgan fingerprint density at radius 1 is 1.43 bits per heavy atom. The van der Waals surface area contributed by atoms with E-state index in [4.69, 9.17) is 0 Å². The van der Waals surface area contributed by atoms with Gasteiger partial charge in [0.1, 0.15) is 0 Å². The molecule has 1 N–H and O–H groups in total. The summed E-state index contributed by atoms with van der Waals surface area (Å²) in [7, 11) is 0. The monoisotopic (exact) mass is 289 g/mol. The Morgan fingerprint density at radius 2 is 2.29 bits per heavy atom. The fraction of sp³-hybridized carbons (Fsp3) is 0.625. The second kappa shape index (κ2) is 6.02. The van der Waals surface area contributed by atoms with E-state index in [1.54, 1.807) is 12.1 Å². The van der Waals surface area contributed by atoms with Gasteiger partial charge in [-0.3, -0.25) is 15.0 Å². The Bertz CT molecular complexity index is 532. The van der Waals surface area contributed by atoms with Gasteiger partial charge in [-0.05, 0) is 43.2 Å². The highest BCUT2D eigenvalue weighted by Crippen LogP contribution is 2.39. The van der Waals surface area contributed by atoms with Crippen LogP contribution in [0.5, 0.6) is 0 Å². The number of non-ortho nitro benzene ring substituents is 1. The number of anilines is 1. The first kappa shape index (κ1) is 14.3. The van der Waals surface area contributed by atoms with Crippen LogP contribution >= 0.6 is 0 Å². The zero-order chi connectivity index (χ0) is 14.8. The van der Waals surface area contributed by atoms with Gasteiger partial charge in [0.15, 0.2) is 0 Å². The van der Waals surface area contributed by atoms with E-state index < -0.39 is 0 Å². The van der Waals surface area contributed by atoms with Gasteiger partial charge in [-0.2, -0.15) is 0 Å². The molecule has 5 nitrogen and oxygen atoms in total. The van der Waals surface area contributed by atoms with Crippen LogP contribution in [0.2, 0.25) is 0 Å². The Hall–Kier alpha value is -1.62. The molecule has 0 aromatic heterocycles. The molecule has 1 aliphatic carbocycles. The number of benzene rings is 1. The number of likely N-dealkylation sites (tertiary alicyclic amines) is 1. The van der Waals surface area contributed by atoms with Crippen molar-refractivity contribution in [3.05, 3.63) is 33.9 Å². The quantitative estimate of drug-likeness (QED) is 0.644. The SMILES string of the molecule is CCCNc1ccc([N+](=O)[O-])cc1CN1CC2CCC1C2. The third kappa shape index (κ3) is 3.02. The lowest BCUT2D eigenvalue weighted by Gasteiger charge is -2.27. The molecule has 1 saturated carbocycles. The molecule has 0 spiro atoms. The first-order valence-electron chi connectivity index (χ1n) is 7.92. The van der Waals surface area contributed by atoms with E-state index in [1.165, 1.54) is 19.3 Å². The van der Waals surface area contributed by atoms with Crippen LogP contribution < -0.4 is 5.32 Å². The number of hydrogen-bond acceptors (Lipinski definition) is 4. The molecule has 2 fully saturated rings. The van der Waals surface area contributed by atoms with Gasteiger partial charge in [0.25, 0.3) is 5.69 Å². The predicted molar refractivity (Wildman–Crippen MR) is 83.4 cm³/mol. The average molecular weight is 289 g/mol. The second-order valence-electron chi connectivity index (χ2n) is 6.29. The summed E-state index contributed by atoms with van der Waals surface area (Å²) in [6.07, 6.45) is 5.01. The van der Waals surface area contributed by atoms with Crippen LogP contribution in [0, 0.1) is 16.0 Å². The van der Waals surface area contributed by atoms with E-state index in [0.717, 1.165) is 43.2 Å². The number of rotatable bonds is 6. The third-order valence-electron chi connectivity index (χ3n) is 4.76. The Kier molecular flexibility index (Phi) is 4.10. The minimum absolute atomic E-state index is 0.191. The molecule has 3 rings (SSSR count). The highest BCUT2D eigenvalue weighted by molar-refractivity contribution is 5.56. The lowest BCUT2D eigenvalue weighted by molar-refractivity contribution is -0.384. The Balaban J connectivity index is 1.79. The lowest BCUT2D eigenvalue weighted by atomic mass is 10.1. The van der Waals surface area contributed by atoms with Crippen molar-refractivity contribution in [3.8, 4) is 0 Å². The van der Waals surface area contributed by atoms with Crippen LogP contribution in [0.1, 0.15) is 38.2 Å². The molecule has 5 heteroatoms. The molecule has 2 unspecified atom stereocenters. The summed E-state index contributed by atoms with van der Waals surface area (Å²) in [6, 6.07) is 5.88. The highest BCUT2D eigenvalue weighted by Gasteiger charge is 2.37. The standard InChI is InChI=1S/C16H23N3O2/c1-2-7-17-16-6-5-15(19(20)21)9-13(16)11-18-10-12-3-4-14(18)8-12/h5-6,9,12,14,17H,2-4,7-8,10-11H2,1H3. The van der Waals surface area contributed by atoms with Crippen molar-refractivity contribution in [1.29, 1.82) is 0 Å². The normalized spacial score (nSPS) is 24.4. The van der Waals surface area contributed by atoms with E-state index in [-0.39, 0.29) is 10.6 Å². The van der Waals surface area contributed by atoms with Crippen LogP contribution in [0.4, 0.5) is 11.4 Å². The van der Waals surface area contributed by atoms with Gasteiger partial charge in [0, 0.05) is 43.5 Å². The molecule has 1 aromatic rings. The first-order chi connectivity index (χ1) is 10.2. The van der Waals surface area contributed by atoms with Crippen molar-refractivity contribution in [2.75, 3.05) is 18.4 Å². The Labute approximate surface area is 125 Å². The van der Waals surface area contributed by atoms with E-state index in [1.807, 2.05) is 6.07 Å². The molecule has 1 saturated heterocycles. The number of nitrogens with zero attached hydrogens (tertiary/aromatic N) is 2. The summed E-state index contributed by atoms with van der Waals surface area (Å²) >= 11 is 0. The van der Waals surface area contributed by atoms with Gasteiger partial charge in [-0.25, -0.2) is 0 Å². The molecule has 1 aromatic carbocycles. The fourth-order valence-corrected chi connectivity index (χ4v) is 3.70. The number of piperidine rings is 1. The molecule has 2 atom stereocenters. The maximum Gasteiger partial charge on any atom is 0.269 e. The molecule has 0 amide bonds. The van der Waals surface area contributed by atoms with E-state index >= 15 is 0 Å². The summed E-state index contributed by atoms with van der Waals surface area (Å²) < 4.78 is 0. The predicted octanol–water partition coefficient (Wildman–Crippen LogP) is 3.40. The highest BCUT2D eigenvalue weighted by atomic mass is 16.6. The van der Waals surface area contributed by atoms with Gasteiger partial charge in [0.2, 0.25) is 0 Å². The van der Waals surface area contributed by atoms with Crippen molar-refractivity contribution >= 4 is 11.4 Å². The molecule has 0 radical (unpaired) electrons. The van der Waals surface area contributed by atoms with Crippen LogP contribution in [0.3, 0.4) is 0 Å². The van der Waals surface area contributed by atoms with Crippen LogP contribution in [-0.2, 0) is 6.54 Å². The van der Waals surface area contributed by atoms with Gasteiger partial charge in [0.05, 0.1) is 4.92 Å². The van der Waals surface area contributed by atoms with Gasteiger partial charge < -0.3 is 5.32 Å². The first-order valence-corrected chi connectivity index (χ1v) is 7.92. The number of nitro groups is 1. The summed E-state index contributed by atoms with van der Waals surface area (Å²) in [4.78, 5) is 13.2. The minimum atomic E-state index is -0.302. The molecule has 2 aliphatic rings. The molecule has 1 heterocycles. The van der Waals surface area contributed by atoms with Crippen molar-refractivity contribution in [2.45, 2.75) is 45.2 Å². The lowest BCUT2D eigenvalue weighted by Crippen LogP contribution is -2.31. The molecular weight excluding hydrogens is 266 g/mol. The van der Waals surface area contributed by atoms with Gasteiger partial charge in [-0.15, -0.1) is 0 Å². The van der Waals surface area contributed by atoms with Gasteiger partial charge in [-0.1, -0.05) is 6.92 Å². The van der Waals surface area contributed by atoms with Gasteiger partial charge >= 0.3 is 0 Å². The minimum Gasteiger partial charge on any atom is -0.385 e. The van der Waals surface area contributed by atoms with Crippen molar-refractivity contribution in [3.63, 3.8) is 0 Å². The van der Waals surface area contributed by atoms with E-state index in [2.05, 4.69) is 17.1 Å². The number of fused-ring (bicyclic) bond motifs is 2. The molecule has 1 aliphatic heterocycles. The number of hydrogen-bond donors (Lipinski definition) is 1. The summed E-state index contributed by atoms with van der Waals surface area (Å²) in [5, 5.41) is 14.4. The number of nitrogens with one attached hydrogen (secondary N) is 1. The second-order valence-corrected chi connectivity index (χ2v) is 6.29. The summed E-state index contributed by atoms with van der Waals surface area (Å²) in [5.41, 5.74) is 2.30. The van der Waals surface area contributed by atoms with Crippen LogP contribution in [0.25, 0.3) is 0 Å². The Morgan fingerprint density at radius 3 is 2.90 bits per heavy atom. The van der Waals surface area contributed by atoms with Crippen LogP contribution in [0.15, 0.2) is 18.2 Å². The largest absolute Gasteiger partial charge is 0.385 e. The molecular formula is C16H23N3O2. The fourth-order valence-electron chi connectivity index (χ4n) is 3.70. The van der Waals surface area contributed by atoms with Crippen molar-refractivity contribution in [1.82, 2.24) is 4.90 Å². The maximum absolute atomic E-state index is 11.0. The average Bonchev–Trinajstić information content (AvgIpc) is 3.08. The molecule has 2 bridgehead atoms. The topological polar surface area (TPSA) is 58.4 Å². The number of nitro benzene ring substituents is 1. The summed E-state index contributed by atoms with van der Waals surface area (Å²) in [5.74, 6) is 0.848. The zero-order valence-corrected chi connectivity index (χ0v) is 12.5. The van der Waals surface area contributed by atoms with E-state index in [0.29, 0.717) is 6.04 Å². The molecule has 114 valence electrons. The summed E-state index contributed by atoms with van der Waals surface area (Å²) in [6.45, 7) is 5.00. The van der Waals surface area contributed by atoms with Crippen LogP contribution in [-0.4, -0.2) is 29.0 Å². The van der Waals surface area contributed by atoms with E-state index in [9.17, 15) is 10.1 Å². The van der Waals surface area contributed by atoms with Crippen molar-refractivity contribution in [2.24, 2.45) is 5.92 Å². The zero-order valence-electron chi connectivity index (χ0n) is 12.5. The smallest absolute Gasteiger partial charge is 0.269 e. The maximum atomic E-state index is 11.0.